The maximum atomic E-state index is 2.31. The Morgan fingerprint density at radius 2 is 1.67 bits per heavy atom. The van der Waals surface area contributed by atoms with Crippen LogP contribution in [0.4, 0.5) is 0 Å². The van der Waals surface area contributed by atoms with Crippen molar-refractivity contribution in [1.82, 2.24) is 0 Å². The minimum atomic E-state index is 1.09. The fourth-order valence-electron chi connectivity index (χ4n) is 1.63. The molecule has 70 valence electrons. The second kappa shape index (κ2) is 4.69. The van der Waals surface area contributed by atoms with Crippen LogP contribution in [-0.4, -0.2) is 0 Å². The third-order valence-corrected chi connectivity index (χ3v) is 2.98. The van der Waals surface area contributed by atoms with Crippen LogP contribution in [0.3, 0.4) is 0 Å². The van der Waals surface area contributed by atoms with E-state index in [4.69, 9.17) is 0 Å². The summed E-state index contributed by atoms with van der Waals surface area (Å²) in [7, 11) is 0. The minimum Gasteiger partial charge on any atom is -0.0744 e. The van der Waals surface area contributed by atoms with Gasteiger partial charge in [0, 0.05) is 0 Å². The fraction of sp³-hybridized carbons (Fsp3) is 0.833. The Morgan fingerprint density at radius 1 is 1.08 bits per heavy atom. The molecule has 1 aliphatic carbocycles. The van der Waals surface area contributed by atoms with Crippen molar-refractivity contribution in [3.8, 4) is 0 Å². The molecule has 0 heteroatoms. The minimum absolute atomic E-state index is 1.09. The quantitative estimate of drug-likeness (QED) is 0.534. The van der Waals surface area contributed by atoms with Crippen LogP contribution in [0.2, 0.25) is 0 Å². The Kier molecular flexibility index (Phi) is 3.84. The van der Waals surface area contributed by atoms with Gasteiger partial charge in [0.15, 0.2) is 0 Å². The molecule has 0 bridgehead atoms. The Bertz CT molecular complexity index is 161. The number of allylic oxidation sites excluding steroid dienone is 2. The first-order chi connectivity index (χ1) is 5.74. The van der Waals surface area contributed by atoms with Crippen molar-refractivity contribution in [3.05, 3.63) is 11.1 Å². The van der Waals surface area contributed by atoms with Gasteiger partial charge in [0.2, 0.25) is 0 Å². The Morgan fingerprint density at radius 3 is 2.17 bits per heavy atom. The van der Waals surface area contributed by atoms with Gasteiger partial charge in [-0.25, -0.2) is 0 Å². The van der Waals surface area contributed by atoms with Crippen LogP contribution in [0, 0.1) is 5.92 Å². The first-order valence-electron chi connectivity index (χ1n) is 5.39. The molecule has 0 radical (unpaired) electrons. The average Bonchev–Trinajstić information content (AvgIpc) is 2.83. The van der Waals surface area contributed by atoms with E-state index in [-0.39, 0.29) is 0 Å². The summed E-state index contributed by atoms with van der Waals surface area (Å²) < 4.78 is 0. The van der Waals surface area contributed by atoms with Gasteiger partial charge in [-0.15, -0.1) is 0 Å². The smallest absolute Gasteiger partial charge is 0.0318 e. The van der Waals surface area contributed by atoms with E-state index < -0.39 is 0 Å². The van der Waals surface area contributed by atoms with Crippen molar-refractivity contribution in [1.29, 1.82) is 0 Å². The summed E-state index contributed by atoms with van der Waals surface area (Å²) in [5.41, 5.74) is 3.29. The second-order valence-electron chi connectivity index (χ2n) is 4.29. The summed E-state index contributed by atoms with van der Waals surface area (Å²) in [6, 6.07) is 0. The maximum Gasteiger partial charge on any atom is -0.0318 e. The summed E-state index contributed by atoms with van der Waals surface area (Å²) in [5, 5.41) is 0. The molecule has 0 amide bonds. The van der Waals surface area contributed by atoms with Crippen LogP contribution in [0.5, 0.6) is 0 Å². The number of rotatable bonds is 5. The zero-order valence-electron chi connectivity index (χ0n) is 8.82. The van der Waals surface area contributed by atoms with Gasteiger partial charge in [-0.3, -0.25) is 0 Å². The molecule has 0 N–H and O–H groups in total. The third-order valence-electron chi connectivity index (χ3n) is 2.98. The van der Waals surface area contributed by atoms with Gasteiger partial charge in [-0.1, -0.05) is 37.3 Å². The molecular formula is C12H22. The zero-order valence-corrected chi connectivity index (χ0v) is 8.82. The van der Waals surface area contributed by atoms with Crippen molar-refractivity contribution in [3.63, 3.8) is 0 Å². The lowest BCUT2D eigenvalue weighted by Gasteiger charge is -2.05. The molecule has 0 spiro atoms. The summed E-state index contributed by atoms with van der Waals surface area (Å²) in [5.74, 6) is 1.09. The van der Waals surface area contributed by atoms with Gasteiger partial charge < -0.3 is 0 Å². The molecule has 0 nitrogen and oxygen atoms in total. The van der Waals surface area contributed by atoms with Gasteiger partial charge in [0.25, 0.3) is 0 Å². The van der Waals surface area contributed by atoms with Crippen LogP contribution >= 0.6 is 0 Å². The van der Waals surface area contributed by atoms with Crippen molar-refractivity contribution >= 4 is 0 Å². The Hall–Kier alpha value is -0.260. The van der Waals surface area contributed by atoms with Crippen molar-refractivity contribution in [2.45, 2.75) is 59.3 Å². The topological polar surface area (TPSA) is 0 Å². The molecule has 0 saturated heterocycles. The fourth-order valence-corrected chi connectivity index (χ4v) is 1.63. The standard InChI is InChI=1S/C12H22/c1-4-5-10(2)11(3)6-7-12-8-9-12/h12H,4-9H2,1-3H3. The van der Waals surface area contributed by atoms with Crippen LogP contribution in [0.25, 0.3) is 0 Å². The van der Waals surface area contributed by atoms with Gasteiger partial charge in [0.1, 0.15) is 0 Å². The van der Waals surface area contributed by atoms with E-state index in [9.17, 15) is 0 Å². The van der Waals surface area contributed by atoms with Crippen LogP contribution in [-0.2, 0) is 0 Å². The highest BCUT2D eigenvalue weighted by Crippen LogP contribution is 2.35. The summed E-state index contributed by atoms with van der Waals surface area (Å²) in [6.07, 6.45) is 8.41. The monoisotopic (exact) mass is 166 g/mol. The van der Waals surface area contributed by atoms with E-state index in [0.29, 0.717) is 0 Å². The molecule has 1 fully saturated rings. The molecule has 12 heavy (non-hydrogen) atoms. The van der Waals surface area contributed by atoms with E-state index in [1.807, 2.05) is 0 Å². The average molecular weight is 166 g/mol. The van der Waals surface area contributed by atoms with Gasteiger partial charge in [-0.05, 0) is 39.0 Å². The summed E-state index contributed by atoms with van der Waals surface area (Å²) >= 11 is 0. The van der Waals surface area contributed by atoms with Gasteiger partial charge in [0.05, 0.1) is 0 Å². The number of hydrogen-bond acceptors (Lipinski definition) is 0. The van der Waals surface area contributed by atoms with Crippen LogP contribution in [0.1, 0.15) is 59.3 Å². The lowest BCUT2D eigenvalue weighted by molar-refractivity contribution is 0.711. The van der Waals surface area contributed by atoms with Crippen LogP contribution < -0.4 is 0 Å². The van der Waals surface area contributed by atoms with E-state index in [1.165, 1.54) is 38.5 Å². The second-order valence-corrected chi connectivity index (χ2v) is 4.29. The Balaban J connectivity index is 2.22. The van der Waals surface area contributed by atoms with Gasteiger partial charge in [-0.2, -0.15) is 0 Å². The molecule has 0 aromatic heterocycles. The lowest BCUT2D eigenvalue weighted by atomic mass is 10.0. The molecule has 0 unspecified atom stereocenters. The molecule has 0 aromatic carbocycles. The molecule has 0 aromatic rings. The third kappa shape index (κ3) is 3.42. The van der Waals surface area contributed by atoms with E-state index in [2.05, 4.69) is 20.8 Å². The molecule has 0 heterocycles. The highest BCUT2D eigenvalue weighted by molar-refractivity contribution is 5.09. The SMILES string of the molecule is CCCC(C)=C(C)CCC1CC1. The summed E-state index contributed by atoms with van der Waals surface area (Å²) in [4.78, 5) is 0. The van der Waals surface area contributed by atoms with Crippen molar-refractivity contribution in [2.75, 3.05) is 0 Å². The molecule has 1 rings (SSSR count). The first-order valence-corrected chi connectivity index (χ1v) is 5.39. The maximum absolute atomic E-state index is 2.31. The van der Waals surface area contributed by atoms with E-state index in [0.717, 1.165) is 5.92 Å². The molecule has 0 aliphatic heterocycles. The first kappa shape index (κ1) is 9.83. The summed E-state index contributed by atoms with van der Waals surface area (Å²) in [6.45, 7) is 6.87. The predicted molar refractivity (Wildman–Crippen MR) is 55.2 cm³/mol. The highest BCUT2D eigenvalue weighted by Gasteiger charge is 2.20. The zero-order chi connectivity index (χ0) is 8.97. The normalized spacial score (nSPS) is 19.2. The number of hydrogen-bond donors (Lipinski definition) is 0. The molecule has 1 saturated carbocycles. The predicted octanol–water partition coefficient (Wildman–Crippen LogP) is 4.31. The van der Waals surface area contributed by atoms with Crippen molar-refractivity contribution < 1.29 is 0 Å². The molecule has 1 aliphatic rings. The lowest BCUT2D eigenvalue weighted by Crippen LogP contribution is -1.86. The Labute approximate surface area is 77.1 Å². The van der Waals surface area contributed by atoms with E-state index >= 15 is 0 Å². The van der Waals surface area contributed by atoms with Gasteiger partial charge >= 0.3 is 0 Å². The van der Waals surface area contributed by atoms with E-state index in [1.54, 1.807) is 11.1 Å². The molecular weight excluding hydrogens is 144 g/mol. The molecule has 0 atom stereocenters. The highest BCUT2D eigenvalue weighted by atomic mass is 14.3. The van der Waals surface area contributed by atoms with Crippen molar-refractivity contribution in [2.24, 2.45) is 5.92 Å². The van der Waals surface area contributed by atoms with Crippen LogP contribution in [0.15, 0.2) is 11.1 Å². The largest absolute Gasteiger partial charge is 0.0744 e.